The zero-order valence-electron chi connectivity index (χ0n) is 13.5. The molecule has 0 bridgehead atoms. The fraction of sp³-hybridized carbons (Fsp3) is 0.316. The average molecular weight is 365 g/mol. The van der Waals surface area contributed by atoms with E-state index in [1.54, 1.807) is 11.0 Å². The van der Waals surface area contributed by atoms with E-state index in [9.17, 15) is 18.0 Å². The van der Waals surface area contributed by atoms with Crippen molar-refractivity contribution in [2.75, 3.05) is 12.3 Å². The van der Waals surface area contributed by atoms with E-state index in [0.717, 1.165) is 23.4 Å². The lowest BCUT2D eigenvalue weighted by Gasteiger charge is -2.25. The molecule has 0 spiro atoms. The van der Waals surface area contributed by atoms with Crippen LogP contribution in [0.25, 0.3) is 0 Å². The summed E-state index contributed by atoms with van der Waals surface area (Å²) < 4.78 is 38.8. The Morgan fingerprint density at radius 1 is 1.12 bits per heavy atom. The number of carbonyl (C=O) groups excluding carboxylic acids is 1. The summed E-state index contributed by atoms with van der Waals surface area (Å²) in [6, 6.07) is 15.0. The number of benzene rings is 2. The highest BCUT2D eigenvalue weighted by atomic mass is 32.2. The van der Waals surface area contributed by atoms with Gasteiger partial charge in [-0.3, -0.25) is 4.79 Å². The molecule has 2 nitrogen and oxygen atoms in total. The van der Waals surface area contributed by atoms with Crippen molar-refractivity contribution in [2.45, 2.75) is 24.4 Å². The van der Waals surface area contributed by atoms with Crippen molar-refractivity contribution < 1.29 is 18.0 Å². The van der Waals surface area contributed by atoms with Crippen LogP contribution in [-0.4, -0.2) is 23.1 Å². The van der Waals surface area contributed by atoms with Gasteiger partial charge < -0.3 is 4.90 Å². The van der Waals surface area contributed by atoms with Crippen molar-refractivity contribution in [1.29, 1.82) is 0 Å². The molecule has 1 aliphatic rings. The van der Waals surface area contributed by atoms with Gasteiger partial charge in [0, 0.05) is 18.7 Å². The smallest absolute Gasteiger partial charge is 0.326 e. The van der Waals surface area contributed by atoms with E-state index >= 15 is 0 Å². The van der Waals surface area contributed by atoms with Crippen LogP contribution in [-0.2, 0) is 17.4 Å². The number of aryl methyl sites for hydroxylation is 1. The topological polar surface area (TPSA) is 20.3 Å². The molecule has 1 atom stereocenters. The van der Waals surface area contributed by atoms with Crippen LogP contribution in [0.1, 0.15) is 28.5 Å². The molecule has 0 N–H and O–H groups in total. The lowest BCUT2D eigenvalue weighted by atomic mass is 10.1. The van der Waals surface area contributed by atoms with Gasteiger partial charge in [-0.1, -0.05) is 42.5 Å². The molecular formula is C19H18F3NOS. The van der Waals surface area contributed by atoms with Gasteiger partial charge in [-0.25, -0.2) is 0 Å². The monoisotopic (exact) mass is 365 g/mol. The SMILES string of the molecule is O=C(CCc1ccccc1)N1CCS[C@@H]1c1cccc(C(F)(F)F)c1. The van der Waals surface area contributed by atoms with Crippen molar-refractivity contribution >= 4 is 17.7 Å². The second-order valence-electron chi connectivity index (χ2n) is 5.92. The Labute approximate surface area is 149 Å². The molecule has 3 rings (SSSR count). The molecule has 2 aromatic rings. The fourth-order valence-corrected chi connectivity index (χ4v) is 4.18. The van der Waals surface area contributed by atoms with Gasteiger partial charge in [-0.05, 0) is 29.7 Å². The number of amides is 1. The molecule has 132 valence electrons. The maximum Gasteiger partial charge on any atom is 0.416 e. The number of hydrogen-bond acceptors (Lipinski definition) is 2. The van der Waals surface area contributed by atoms with Gasteiger partial charge in [0.25, 0.3) is 0 Å². The number of halogens is 3. The van der Waals surface area contributed by atoms with Gasteiger partial charge in [0.1, 0.15) is 5.37 Å². The molecule has 0 saturated carbocycles. The molecule has 1 aliphatic heterocycles. The summed E-state index contributed by atoms with van der Waals surface area (Å²) in [5, 5.41) is -0.342. The lowest BCUT2D eigenvalue weighted by Crippen LogP contribution is -2.30. The Balaban J connectivity index is 1.71. The number of carbonyl (C=O) groups is 1. The van der Waals surface area contributed by atoms with Gasteiger partial charge in [-0.15, -0.1) is 11.8 Å². The van der Waals surface area contributed by atoms with Crippen molar-refractivity contribution in [3.05, 3.63) is 71.3 Å². The Morgan fingerprint density at radius 2 is 1.88 bits per heavy atom. The van der Waals surface area contributed by atoms with Crippen molar-refractivity contribution in [1.82, 2.24) is 4.90 Å². The van der Waals surface area contributed by atoms with E-state index in [4.69, 9.17) is 0 Å². The highest BCUT2D eigenvalue weighted by molar-refractivity contribution is 7.99. The summed E-state index contributed by atoms with van der Waals surface area (Å²) in [5.74, 6) is 0.717. The molecule has 0 radical (unpaired) electrons. The summed E-state index contributed by atoms with van der Waals surface area (Å²) in [6.07, 6.45) is -3.38. The standard InChI is InChI=1S/C19H18F3NOS/c20-19(21,22)16-8-4-7-15(13-16)18-23(11-12-25-18)17(24)10-9-14-5-2-1-3-6-14/h1-8,13,18H,9-12H2/t18-/m1/s1. The predicted octanol–water partition coefficient (Wildman–Crippen LogP) is 4.91. The average Bonchev–Trinajstić information content (AvgIpc) is 3.10. The van der Waals surface area contributed by atoms with Gasteiger partial charge >= 0.3 is 6.18 Å². The lowest BCUT2D eigenvalue weighted by molar-refractivity contribution is -0.137. The van der Waals surface area contributed by atoms with Gasteiger partial charge in [0.2, 0.25) is 5.91 Å². The minimum absolute atomic E-state index is 0.0173. The molecule has 6 heteroatoms. The van der Waals surface area contributed by atoms with Crippen LogP contribution < -0.4 is 0 Å². The first kappa shape index (κ1) is 17.9. The number of rotatable bonds is 4. The van der Waals surface area contributed by atoms with E-state index in [-0.39, 0.29) is 11.3 Å². The first-order chi connectivity index (χ1) is 11.9. The zero-order chi connectivity index (χ0) is 17.9. The van der Waals surface area contributed by atoms with E-state index in [2.05, 4.69) is 0 Å². The van der Waals surface area contributed by atoms with Crippen molar-refractivity contribution in [3.63, 3.8) is 0 Å². The normalized spacial score (nSPS) is 17.7. The maximum absolute atomic E-state index is 12.9. The largest absolute Gasteiger partial charge is 0.416 e. The van der Waals surface area contributed by atoms with Crippen LogP contribution in [0.3, 0.4) is 0 Å². The molecule has 25 heavy (non-hydrogen) atoms. The van der Waals surface area contributed by atoms with Gasteiger partial charge in [0.15, 0.2) is 0 Å². The number of alkyl halides is 3. The first-order valence-corrected chi connectivity index (χ1v) is 9.12. The maximum atomic E-state index is 12.9. The number of hydrogen-bond donors (Lipinski definition) is 0. The third kappa shape index (κ3) is 4.37. The van der Waals surface area contributed by atoms with Gasteiger partial charge in [0.05, 0.1) is 5.56 Å². The van der Waals surface area contributed by atoms with Crippen LogP contribution in [0.5, 0.6) is 0 Å². The Morgan fingerprint density at radius 3 is 2.60 bits per heavy atom. The third-order valence-corrected chi connectivity index (χ3v) is 5.44. The van der Waals surface area contributed by atoms with Crippen molar-refractivity contribution in [2.24, 2.45) is 0 Å². The molecule has 2 aromatic carbocycles. The summed E-state index contributed by atoms with van der Waals surface area (Å²) in [5.41, 5.74) is 0.942. The van der Waals surface area contributed by atoms with Crippen molar-refractivity contribution in [3.8, 4) is 0 Å². The fourth-order valence-electron chi connectivity index (χ4n) is 2.91. The number of nitrogens with zero attached hydrogens (tertiary/aromatic N) is 1. The summed E-state index contributed by atoms with van der Waals surface area (Å²) in [7, 11) is 0. The Kier molecular flexibility index (Phi) is 5.37. The predicted molar refractivity (Wildman–Crippen MR) is 93.1 cm³/mol. The zero-order valence-corrected chi connectivity index (χ0v) is 14.3. The second-order valence-corrected chi connectivity index (χ2v) is 7.11. The molecule has 1 fully saturated rings. The van der Waals surface area contributed by atoms with E-state index < -0.39 is 11.7 Å². The minimum atomic E-state index is -4.37. The van der Waals surface area contributed by atoms with Crippen LogP contribution in [0.4, 0.5) is 13.2 Å². The molecule has 1 heterocycles. The molecular weight excluding hydrogens is 347 g/mol. The Bertz CT molecular complexity index is 733. The second kappa shape index (κ2) is 7.52. The summed E-state index contributed by atoms with van der Waals surface area (Å²) >= 11 is 1.51. The van der Waals surface area contributed by atoms with Crippen LogP contribution in [0.15, 0.2) is 54.6 Å². The highest BCUT2D eigenvalue weighted by Gasteiger charge is 2.34. The van der Waals surface area contributed by atoms with Crippen LogP contribution in [0.2, 0.25) is 0 Å². The number of thioether (sulfide) groups is 1. The highest BCUT2D eigenvalue weighted by Crippen LogP contribution is 2.40. The minimum Gasteiger partial charge on any atom is -0.326 e. The van der Waals surface area contributed by atoms with E-state index in [0.29, 0.717) is 24.9 Å². The molecule has 1 saturated heterocycles. The van der Waals surface area contributed by atoms with Gasteiger partial charge in [-0.2, -0.15) is 13.2 Å². The van der Waals surface area contributed by atoms with Crippen LogP contribution in [0, 0.1) is 0 Å². The molecule has 0 unspecified atom stereocenters. The molecule has 0 aliphatic carbocycles. The summed E-state index contributed by atoms with van der Waals surface area (Å²) in [4.78, 5) is 14.3. The van der Waals surface area contributed by atoms with E-state index in [1.165, 1.54) is 17.8 Å². The third-order valence-electron chi connectivity index (χ3n) is 4.18. The summed E-state index contributed by atoms with van der Waals surface area (Å²) in [6.45, 7) is 0.569. The van der Waals surface area contributed by atoms with E-state index in [1.807, 2.05) is 30.3 Å². The molecule has 0 aromatic heterocycles. The molecule has 1 amide bonds. The van der Waals surface area contributed by atoms with Crippen LogP contribution >= 0.6 is 11.8 Å². The Hall–Kier alpha value is -1.95. The first-order valence-electron chi connectivity index (χ1n) is 8.07. The quantitative estimate of drug-likeness (QED) is 0.767.